The number of rotatable bonds is 8. The van der Waals surface area contributed by atoms with Crippen LogP contribution in [0.3, 0.4) is 0 Å². The van der Waals surface area contributed by atoms with E-state index in [-0.39, 0.29) is 18.4 Å². The highest BCUT2D eigenvalue weighted by molar-refractivity contribution is 7.99. The van der Waals surface area contributed by atoms with Gasteiger partial charge in [0.05, 0.1) is 0 Å². The van der Waals surface area contributed by atoms with Gasteiger partial charge in [0.25, 0.3) is 0 Å². The Morgan fingerprint density at radius 2 is 1.85 bits per heavy atom. The largest absolute Gasteiger partial charge is 0.357 e. The van der Waals surface area contributed by atoms with Crippen molar-refractivity contribution in [2.75, 3.05) is 12.8 Å². The summed E-state index contributed by atoms with van der Waals surface area (Å²) in [7, 11) is 1.56. The minimum absolute atomic E-state index is 0.0967. The molecule has 0 aromatic heterocycles. The van der Waals surface area contributed by atoms with Crippen molar-refractivity contribution in [3.63, 3.8) is 0 Å². The van der Waals surface area contributed by atoms with E-state index in [9.17, 15) is 9.59 Å². The molecule has 4 nitrogen and oxygen atoms in total. The molecule has 1 atom stereocenters. The molecule has 2 rings (SSSR count). The Bertz CT molecular complexity index is 787. The number of amides is 2. The fourth-order valence-electron chi connectivity index (χ4n) is 2.54. The van der Waals surface area contributed by atoms with Crippen molar-refractivity contribution in [3.05, 3.63) is 64.1 Å². The van der Waals surface area contributed by atoms with Gasteiger partial charge in [-0.2, -0.15) is 0 Å². The molecule has 144 valence electrons. The van der Waals surface area contributed by atoms with Gasteiger partial charge in [0.1, 0.15) is 6.04 Å². The van der Waals surface area contributed by atoms with Crippen LogP contribution in [0.15, 0.2) is 53.4 Å². The Balaban J connectivity index is 2.08. The Labute approximate surface area is 174 Å². The fourth-order valence-corrected chi connectivity index (χ4v) is 3.87. The number of thioether (sulfide) groups is 1. The Morgan fingerprint density at radius 1 is 1.15 bits per heavy atom. The molecular formula is C20H22Cl2N2O2S. The molecule has 0 spiro atoms. The smallest absolute Gasteiger partial charge is 0.242 e. The van der Waals surface area contributed by atoms with E-state index in [1.807, 2.05) is 30.3 Å². The maximum absolute atomic E-state index is 12.8. The zero-order chi connectivity index (χ0) is 19.8. The first-order valence-corrected chi connectivity index (χ1v) is 10.3. The average Bonchev–Trinajstić information content (AvgIpc) is 2.67. The molecule has 0 bridgehead atoms. The third kappa shape index (κ3) is 6.45. The number of nitrogens with one attached hydrogen (secondary N) is 1. The minimum Gasteiger partial charge on any atom is -0.357 e. The summed E-state index contributed by atoms with van der Waals surface area (Å²) in [6.45, 7) is 1.96. The first kappa shape index (κ1) is 21.6. The van der Waals surface area contributed by atoms with Crippen LogP contribution in [0, 0.1) is 0 Å². The standard InChI is InChI=1S/C20H22Cl2N2O2S/c1-14(20(26)23-2)24(13-15-8-9-16(21)12-18(15)22)19(25)10-11-27-17-6-4-3-5-7-17/h3-9,12,14H,10-11,13H2,1-2H3,(H,23,26)/t14-/m1/s1. The van der Waals surface area contributed by atoms with Gasteiger partial charge in [-0.05, 0) is 36.8 Å². The van der Waals surface area contributed by atoms with Crippen molar-refractivity contribution < 1.29 is 9.59 Å². The molecule has 0 saturated heterocycles. The van der Waals surface area contributed by atoms with Crippen LogP contribution in [0.5, 0.6) is 0 Å². The van der Waals surface area contributed by atoms with Gasteiger partial charge >= 0.3 is 0 Å². The molecule has 0 unspecified atom stereocenters. The van der Waals surface area contributed by atoms with Crippen molar-refractivity contribution in [2.45, 2.75) is 30.8 Å². The van der Waals surface area contributed by atoms with E-state index in [0.717, 1.165) is 10.5 Å². The lowest BCUT2D eigenvalue weighted by molar-refractivity contribution is -0.140. The number of benzene rings is 2. The van der Waals surface area contributed by atoms with E-state index < -0.39 is 6.04 Å². The number of halogens is 2. The van der Waals surface area contributed by atoms with E-state index in [1.54, 1.807) is 48.8 Å². The maximum atomic E-state index is 12.8. The van der Waals surface area contributed by atoms with E-state index in [4.69, 9.17) is 23.2 Å². The number of nitrogens with zero attached hydrogens (tertiary/aromatic N) is 1. The molecule has 7 heteroatoms. The molecule has 0 aliphatic rings. The zero-order valence-electron chi connectivity index (χ0n) is 15.2. The minimum atomic E-state index is -0.601. The second-order valence-corrected chi connectivity index (χ2v) is 7.97. The summed E-state index contributed by atoms with van der Waals surface area (Å²) in [6.07, 6.45) is 0.326. The van der Waals surface area contributed by atoms with E-state index >= 15 is 0 Å². The van der Waals surface area contributed by atoms with E-state index in [1.165, 1.54) is 0 Å². The summed E-state index contributed by atoms with van der Waals surface area (Å²) >= 11 is 13.8. The predicted molar refractivity (Wildman–Crippen MR) is 112 cm³/mol. The fraction of sp³-hybridized carbons (Fsp3) is 0.300. The van der Waals surface area contributed by atoms with Gasteiger partial charge in [-0.25, -0.2) is 0 Å². The van der Waals surface area contributed by atoms with Gasteiger partial charge in [0.15, 0.2) is 0 Å². The first-order chi connectivity index (χ1) is 12.9. The maximum Gasteiger partial charge on any atom is 0.242 e. The van der Waals surface area contributed by atoms with Crippen LogP contribution in [0.25, 0.3) is 0 Å². The van der Waals surface area contributed by atoms with Gasteiger partial charge < -0.3 is 10.2 Å². The number of carbonyl (C=O) groups excluding carboxylic acids is 2. The van der Waals surface area contributed by atoms with Crippen LogP contribution in [0.2, 0.25) is 10.0 Å². The van der Waals surface area contributed by atoms with Gasteiger partial charge in [-0.1, -0.05) is 47.5 Å². The van der Waals surface area contributed by atoms with Crippen molar-refractivity contribution in [1.29, 1.82) is 0 Å². The normalized spacial score (nSPS) is 11.7. The van der Waals surface area contributed by atoms with Gasteiger partial charge in [0, 0.05) is 40.7 Å². The third-order valence-electron chi connectivity index (χ3n) is 4.10. The third-order valence-corrected chi connectivity index (χ3v) is 5.70. The molecule has 0 saturated carbocycles. The SMILES string of the molecule is CNC(=O)[C@@H](C)N(Cc1ccc(Cl)cc1Cl)C(=O)CCSc1ccccc1. The number of hydrogen-bond acceptors (Lipinski definition) is 3. The van der Waals surface area contributed by atoms with E-state index in [2.05, 4.69) is 5.32 Å². The molecule has 2 amide bonds. The second-order valence-electron chi connectivity index (χ2n) is 5.96. The second kappa shape index (κ2) is 10.6. The molecule has 27 heavy (non-hydrogen) atoms. The summed E-state index contributed by atoms with van der Waals surface area (Å²) in [5, 5.41) is 3.60. The lowest BCUT2D eigenvalue weighted by Crippen LogP contribution is -2.46. The highest BCUT2D eigenvalue weighted by atomic mass is 35.5. The molecule has 0 radical (unpaired) electrons. The van der Waals surface area contributed by atoms with Crippen LogP contribution in [-0.2, 0) is 16.1 Å². The Hall–Kier alpha value is -1.69. The highest BCUT2D eigenvalue weighted by Gasteiger charge is 2.25. The molecular weight excluding hydrogens is 403 g/mol. The van der Waals surface area contributed by atoms with Crippen molar-refractivity contribution in [3.8, 4) is 0 Å². The molecule has 0 aliphatic carbocycles. The van der Waals surface area contributed by atoms with Gasteiger partial charge in [-0.3, -0.25) is 9.59 Å². The summed E-state index contributed by atoms with van der Waals surface area (Å²) in [4.78, 5) is 27.6. The number of hydrogen-bond donors (Lipinski definition) is 1. The quantitative estimate of drug-likeness (QED) is 0.627. The van der Waals surface area contributed by atoms with Crippen LogP contribution >= 0.6 is 35.0 Å². The van der Waals surface area contributed by atoms with Gasteiger partial charge in [0.2, 0.25) is 11.8 Å². The average molecular weight is 425 g/mol. The van der Waals surface area contributed by atoms with Crippen LogP contribution in [-0.4, -0.2) is 35.6 Å². The molecule has 0 fully saturated rings. The van der Waals surface area contributed by atoms with Crippen LogP contribution in [0.4, 0.5) is 0 Å². The van der Waals surface area contributed by atoms with Crippen LogP contribution < -0.4 is 5.32 Å². The highest BCUT2D eigenvalue weighted by Crippen LogP contribution is 2.24. The summed E-state index contributed by atoms with van der Waals surface area (Å²) in [5.41, 5.74) is 0.751. The monoisotopic (exact) mass is 424 g/mol. The van der Waals surface area contributed by atoms with E-state index in [0.29, 0.717) is 22.2 Å². The summed E-state index contributed by atoms with van der Waals surface area (Å²) in [5.74, 6) is 0.318. The van der Waals surface area contributed by atoms with Gasteiger partial charge in [-0.15, -0.1) is 11.8 Å². The number of likely N-dealkylation sites (N-methyl/N-ethyl adjacent to an activating group) is 1. The Kier molecular flexibility index (Phi) is 8.48. The Morgan fingerprint density at radius 3 is 2.48 bits per heavy atom. The zero-order valence-corrected chi connectivity index (χ0v) is 17.6. The molecule has 2 aromatic carbocycles. The van der Waals surface area contributed by atoms with Crippen molar-refractivity contribution in [2.24, 2.45) is 0 Å². The summed E-state index contributed by atoms with van der Waals surface area (Å²) in [6, 6.07) is 14.4. The molecule has 0 heterocycles. The predicted octanol–water partition coefficient (Wildman–Crippen LogP) is 4.64. The molecule has 1 N–H and O–H groups in total. The molecule has 0 aliphatic heterocycles. The lowest BCUT2D eigenvalue weighted by atomic mass is 10.1. The molecule has 2 aromatic rings. The lowest BCUT2D eigenvalue weighted by Gasteiger charge is -2.28. The van der Waals surface area contributed by atoms with Crippen molar-refractivity contribution in [1.82, 2.24) is 10.2 Å². The van der Waals surface area contributed by atoms with Crippen molar-refractivity contribution >= 4 is 46.8 Å². The number of carbonyl (C=O) groups is 2. The first-order valence-electron chi connectivity index (χ1n) is 8.55. The van der Waals surface area contributed by atoms with Crippen LogP contribution in [0.1, 0.15) is 18.9 Å². The summed E-state index contributed by atoms with van der Waals surface area (Å²) < 4.78 is 0. The topological polar surface area (TPSA) is 49.4 Å².